The predicted molar refractivity (Wildman–Crippen MR) is 74.7 cm³/mol. The van der Waals surface area contributed by atoms with Gasteiger partial charge >= 0.3 is 0 Å². The van der Waals surface area contributed by atoms with Crippen molar-refractivity contribution >= 4 is 5.82 Å². The van der Waals surface area contributed by atoms with Crippen molar-refractivity contribution in [1.82, 2.24) is 9.97 Å². The molecule has 5 nitrogen and oxygen atoms in total. The van der Waals surface area contributed by atoms with Crippen LogP contribution in [0.5, 0.6) is 5.75 Å². The number of benzene rings is 1. The summed E-state index contributed by atoms with van der Waals surface area (Å²) >= 11 is 0. The fourth-order valence-corrected chi connectivity index (χ4v) is 1.61. The molecule has 100 valence electrons. The van der Waals surface area contributed by atoms with E-state index in [1.807, 2.05) is 12.1 Å². The summed E-state index contributed by atoms with van der Waals surface area (Å²) in [6.07, 6.45) is 3.21. The van der Waals surface area contributed by atoms with Gasteiger partial charge < -0.3 is 10.2 Å². The van der Waals surface area contributed by atoms with Crippen LogP contribution in [0.4, 0.5) is 5.82 Å². The highest BCUT2D eigenvalue weighted by Crippen LogP contribution is 2.19. The van der Waals surface area contributed by atoms with E-state index in [0.29, 0.717) is 18.3 Å². The summed E-state index contributed by atoms with van der Waals surface area (Å²) in [6, 6.07) is 8.09. The van der Waals surface area contributed by atoms with Crippen molar-refractivity contribution in [2.45, 2.75) is 26.4 Å². The Morgan fingerprint density at radius 3 is 2.42 bits per heavy atom. The van der Waals surface area contributed by atoms with Gasteiger partial charge in [-0.15, -0.1) is 0 Å². The molecule has 0 radical (unpaired) electrons. The van der Waals surface area contributed by atoms with Crippen molar-refractivity contribution in [3.63, 3.8) is 0 Å². The summed E-state index contributed by atoms with van der Waals surface area (Å²) < 4.78 is 5.65. The van der Waals surface area contributed by atoms with E-state index in [1.165, 1.54) is 5.56 Å². The van der Waals surface area contributed by atoms with Gasteiger partial charge in [-0.25, -0.2) is 10.8 Å². The molecule has 0 saturated heterocycles. The Morgan fingerprint density at radius 2 is 1.89 bits per heavy atom. The maximum absolute atomic E-state index is 5.65. The Kier molecular flexibility index (Phi) is 4.30. The fraction of sp³-hybridized carbons (Fsp3) is 0.286. The fourth-order valence-electron chi connectivity index (χ4n) is 1.61. The summed E-state index contributed by atoms with van der Waals surface area (Å²) in [5.41, 5.74) is 4.48. The van der Waals surface area contributed by atoms with Crippen molar-refractivity contribution in [3.8, 4) is 5.75 Å². The van der Waals surface area contributed by atoms with Gasteiger partial charge in [0.15, 0.2) is 5.82 Å². The first-order valence-corrected chi connectivity index (χ1v) is 6.19. The zero-order valence-electron chi connectivity index (χ0n) is 11.1. The Morgan fingerprint density at radius 1 is 1.16 bits per heavy atom. The van der Waals surface area contributed by atoms with E-state index >= 15 is 0 Å². The van der Waals surface area contributed by atoms with Gasteiger partial charge in [0.25, 0.3) is 0 Å². The Hall–Kier alpha value is -2.14. The highest BCUT2D eigenvalue weighted by molar-refractivity contribution is 5.30. The van der Waals surface area contributed by atoms with E-state index in [-0.39, 0.29) is 0 Å². The normalized spacial score (nSPS) is 10.5. The summed E-state index contributed by atoms with van der Waals surface area (Å²) in [7, 11) is 0. The van der Waals surface area contributed by atoms with Crippen LogP contribution in [0, 0.1) is 0 Å². The van der Waals surface area contributed by atoms with Crippen LogP contribution in [0.15, 0.2) is 36.7 Å². The molecule has 1 aromatic carbocycles. The first kappa shape index (κ1) is 13.3. The van der Waals surface area contributed by atoms with Crippen LogP contribution in [0.3, 0.4) is 0 Å². The van der Waals surface area contributed by atoms with E-state index < -0.39 is 0 Å². The number of nitrogen functional groups attached to an aromatic ring is 1. The van der Waals surface area contributed by atoms with Crippen LogP contribution in [0.1, 0.15) is 31.0 Å². The zero-order chi connectivity index (χ0) is 13.7. The summed E-state index contributed by atoms with van der Waals surface area (Å²) in [5.74, 6) is 7.10. The maximum atomic E-state index is 5.65. The third-order valence-corrected chi connectivity index (χ3v) is 2.79. The number of hydrazine groups is 1. The Bertz CT molecular complexity index is 508. The molecule has 1 aromatic heterocycles. The molecule has 0 aliphatic heterocycles. The van der Waals surface area contributed by atoms with Crippen molar-refractivity contribution in [2.24, 2.45) is 5.84 Å². The number of nitrogens with zero attached hydrogens (tertiary/aromatic N) is 2. The lowest BCUT2D eigenvalue weighted by Crippen LogP contribution is -2.09. The second-order valence-electron chi connectivity index (χ2n) is 4.55. The van der Waals surface area contributed by atoms with Crippen LogP contribution >= 0.6 is 0 Å². The van der Waals surface area contributed by atoms with Gasteiger partial charge in [-0.1, -0.05) is 26.0 Å². The van der Waals surface area contributed by atoms with Crippen molar-refractivity contribution < 1.29 is 4.74 Å². The summed E-state index contributed by atoms with van der Waals surface area (Å²) in [5, 5.41) is 0. The second kappa shape index (κ2) is 6.15. The van der Waals surface area contributed by atoms with Crippen LogP contribution < -0.4 is 16.0 Å². The lowest BCUT2D eigenvalue weighted by molar-refractivity contribution is 0.300. The molecule has 0 atom stereocenters. The average Bonchev–Trinajstić information content (AvgIpc) is 2.46. The van der Waals surface area contributed by atoms with Gasteiger partial charge in [-0.2, -0.15) is 0 Å². The Balaban J connectivity index is 1.94. The molecule has 0 bridgehead atoms. The molecular formula is C14H18N4O. The Labute approximate surface area is 112 Å². The minimum Gasteiger partial charge on any atom is -0.487 e. The SMILES string of the molecule is CC(C)c1ccc(OCc2cnc(NN)cn2)cc1. The number of hydrogen-bond acceptors (Lipinski definition) is 5. The third kappa shape index (κ3) is 3.66. The molecule has 0 aliphatic rings. The number of ether oxygens (including phenoxy) is 1. The van der Waals surface area contributed by atoms with Crippen LogP contribution in [-0.2, 0) is 6.61 Å². The number of aromatic nitrogens is 2. The van der Waals surface area contributed by atoms with Crippen LogP contribution in [-0.4, -0.2) is 9.97 Å². The summed E-state index contributed by atoms with van der Waals surface area (Å²) in [4.78, 5) is 8.25. The molecule has 0 aliphatic carbocycles. The standard InChI is InChI=1S/C14H18N4O/c1-10(2)11-3-5-13(6-4-11)19-9-12-7-17-14(18-15)8-16-12/h3-8,10H,9,15H2,1-2H3,(H,17,18). The molecule has 0 unspecified atom stereocenters. The molecule has 0 spiro atoms. The molecule has 1 heterocycles. The largest absolute Gasteiger partial charge is 0.487 e. The number of anilines is 1. The van der Waals surface area contributed by atoms with E-state index in [0.717, 1.165) is 11.4 Å². The molecule has 5 heteroatoms. The van der Waals surface area contributed by atoms with Gasteiger partial charge in [0.05, 0.1) is 18.1 Å². The minimum absolute atomic E-state index is 0.388. The highest BCUT2D eigenvalue weighted by Gasteiger charge is 2.01. The molecular weight excluding hydrogens is 240 g/mol. The molecule has 0 fully saturated rings. The molecule has 0 amide bonds. The monoisotopic (exact) mass is 258 g/mol. The topological polar surface area (TPSA) is 73.1 Å². The van der Waals surface area contributed by atoms with E-state index in [9.17, 15) is 0 Å². The van der Waals surface area contributed by atoms with Crippen molar-refractivity contribution in [2.75, 3.05) is 5.43 Å². The van der Waals surface area contributed by atoms with Crippen LogP contribution in [0.2, 0.25) is 0 Å². The third-order valence-electron chi connectivity index (χ3n) is 2.79. The van der Waals surface area contributed by atoms with E-state index in [4.69, 9.17) is 10.6 Å². The number of rotatable bonds is 5. The van der Waals surface area contributed by atoms with Crippen molar-refractivity contribution in [3.05, 3.63) is 47.9 Å². The van der Waals surface area contributed by atoms with Gasteiger partial charge in [-0.05, 0) is 23.6 Å². The quantitative estimate of drug-likeness (QED) is 0.636. The average molecular weight is 258 g/mol. The lowest BCUT2D eigenvalue weighted by atomic mass is 10.0. The van der Waals surface area contributed by atoms with E-state index in [2.05, 4.69) is 41.4 Å². The first-order valence-electron chi connectivity index (χ1n) is 6.19. The zero-order valence-corrected chi connectivity index (χ0v) is 11.1. The van der Waals surface area contributed by atoms with Gasteiger partial charge in [0.1, 0.15) is 12.4 Å². The molecule has 3 N–H and O–H groups in total. The maximum Gasteiger partial charge on any atom is 0.158 e. The first-order chi connectivity index (χ1) is 9.19. The molecule has 19 heavy (non-hydrogen) atoms. The minimum atomic E-state index is 0.388. The predicted octanol–water partition coefficient (Wildman–Crippen LogP) is 2.46. The summed E-state index contributed by atoms with van der Waals surface area (Å²) in [6.45, 7) is 4.72. The molecule has 2 aromatic rings. The van der Waals surface area contributed by atoms with E-state index in [1.54, 1.807) is 12.4 Å². The van der Waals surface area contributed by atoms with Gasteiger partial charge in [0, 0.05) is 0 Å². The molecule has 2 rings (SSSR count). The number of hydrogen-bond donors (Lipinski definition) is 2. The molecule has 0 saturated carbocycles. The second-order valence-corrected chi connectivity index (χ2v) is 4.55. The van der Waals surface area contributed by atoms with Gasteiger partial charge in [-0.3, -0.25) is 4.98 Å². The van der Waals surface area contributed by atoms with Crippen LogP contribution in [0.25, 0.3) is 0 Å². The highest BCUT2D eigenvalue weighted by atomic mass is 16.5. The number of nitrogens with one attached hydrogen (secondary N) is 1. The smallest absolute Gasteiger partial charge is 0.158 e. The number of nitrogens with two attached hydrogens (primary N) is 1. The van der Waals surface area contributed by atoms with Gasteiger partial charge in [0.2, 0.25) is 0 Å². The lowest BCUT2D eigenvalue weighted by Gasteiger charge is -2.08. The van der Waals surface area contributed by atoms with Crippen molar-refractivity contribution in [1.29, 1.82) is 0 Å².